The van der Waals surface area contributed by atoms with Gasteiger partial charge in [0.15, 0.2) is 0 Å². The van der Waals surface area contributed by atoms with Gasteiger partial charge in [0.2, 0.25) is 0 Å². The number of hydrogen-bond donors (Lipinski definition) is 2. The fourth-order valence-corrected chi connectivity index (χ4v) is 2.77. The number of aliphatic hydroxyl groups is 2. The van der Waals surface area contributed by atoms with Crippen molar-refractivity contribution in [1.82, 2.24) is 4.57 Å². The Hall–Kier alpha value is -1.84. The summed E-state index contributed by atoms with van der Waals surface area (Å²) in [5, 5.41) is 21.7. The van der Waals surface area contributed by atoms with Gasteiger partial charge >= 0.3 is 0 Å². The van der Waals surface area contributed by atoms with Crippen LogP contribution in [0.25, 0.3) is 21.8 Å². The van der Waals surface area contributed by atoms with Crippen molar-refractivity contribution >= 4 is 21.8 Å². The summed E-state index contributed by atoms with van der Waals surface area (Å²) < 4.78 is 2.14. The van der Waals surface area contributed by atoms with Gasteiger partial charge in [0.1, 0.15) is 0 Å². The third-order valence-corrected chi connectivity index (χ3v) is 4.02. The minimum Gasteiger partial charge on any atom is -0.389 e. The summed E-state index contributed by atoms with van der Waals surface area (Å²) in [7, 11) is 2.04. The first kappa shape index (κ1) is 13.2. The Bertz CT molecular complexity index is 719. The van der Waals surface area contributed by atoms with Crippen LogP contribution in [0.4, 0.5) is 0 Å². The number of rotatable bonds is 2. The van der Waals surface area contributed by atoms with Crippen molar-refractivity contribution in [2.24, 2.45) is 7.05 Å². The van der Waals surface area contributed by atoms with Crippen LogP contribution in [0.15, 0.2) is 36.4 Å². The van der Waals surface area contributed by atoms with Gasteiger partial charge in [-0.25, -0.2) is 0 Å². The minimum atomic E-state index is -0.477. The Balaban J connectivity index is 2.38. The standard InChI is InChI=1S/C17H19NO2/c1-10(19)12-4-6-16-14(8-12)15-9-13(11(2)20)5-7-17(15)18(16)3/h4-11,19-20H,1-3H3/t10-,11-/m0/s1. The molecule has 1 aromatic heterocycles. The van der Waals surface area contributed by atoms with Gasteiger partial charge in [-0.1, -0.05) is 12.1 Å². The maximum absolute atomic E-state index is 9.76. The summed E-state index contributed by atoms with van der Waals surface area (Å²) >= 11 is 0. The number of nitrogens with zero attached hydrogens (tertiary/aromatic N) is 1. The smallest absolute Gasteiger partial charge is 0.0762 e. The number of hydrogen-bond acceptors (Lipinski definition) is 2. The highest BCUT2D eigenvalue weighted by atomic mass is 16.3. The van der Waals surface area contributed by atoms with Crippen LogP contribution in [0.1, 0.15) is 37.2 Å². The summed E-state index contributed by atoms with van der Waals surface area (Å²) in [5.74, 6) is 0. The predicted molar refractivity (Wildman–Crippen MR) is 81.7 cm³/mol. The zero-order valence-corrected chi connectivity index (χ0v) is 12.0. The lowest BCUT2D eigenvalue weighted by Crippen LogP contribution is -1.91. The van der Waals surface area contributed by atoms with Gasteiger partial charge in [0.25, 0.3) is 0 Å². The van der Waals surface area contributed by atoms with E-state index in [4.69, 9.17) is 0 Å². The molecule has 3 nitrogen and oxygen atoms in total. The van der Waals surface area contributed by atoms with E-state index < -0.39 is 12.2 Å². The van der Waals surface area contributed by atoms with Crippen LogP contribution >= 0.6 is 0 Å². The lowest BCUT2D eigenvalue weighted by molar-refractivity contribution is 0.199. The predicted octanol–water partition coefficient (Wildman–Crippen LogP) is 3.44. The SMILES string of the molecule is C[C@H](O)c1ccc2c(c1)c1cc([C@H](C)O)ccc1n2C. The van der Waals surface area contributed by atoms with E-state index in [2.05, 4.69) is 4.57 Å². The molecule has 0 unspecified atom stereocenters. The van der Waals surface area contributed by atoms with E-state index in [1.54, 1.807) is 13.8 Å². The molecule has 0 amide bonds. The van der Waals surface area contributed by atoms with Gasteiger partial charge in [-0.2, -0.15) is 0 Å². The summed E-state index contributed by atoms with van der Waals surface area (Å²) in [6, 6.07) is 12.1. The van der Waals surface area contributed by atoms with Crippen molar-refractivity contribution in [2.45, 2.75) is 26.1 Å². The van der Waals surface area contributed by atoms with Crippen LogP contribution in [0.5, 0.6) is 0 Å². The van der Waals surface area contributed by atoms with Crippen molar-refractivity contribution in [3.63, 3.8) is 0 Å². The Labute approximate surface area is 118 Å². The fraction of sp³-hybridized carbons (Fsp3) is 0.294. The summed E-state index contributed by atoms with van der Waals surface area (Å²) in [6.45, 7) is 3.54. The Morgan fingerprint density at radius 3 is 1.55 bits per heavy atom. The van der Waals surface area contributed by atoms with Crippen molar-refractivity contribution in [3.8, 4) is 0 Å². The van der Waals surface area contributed by atoms with E-state index in [9.17, 15) is 10.2 Å². The summed E-state index contributed by atoms with van der Waals surface area (Å²) in [5.41, 5.74) is 4.08. The van der Waals surface area contributed by atoms with Crippen molar-refractivity contribution in [3.05, 3.63) is 47.5 Å². The van der Waals surface area contributed by atoms with Crippen molar-refractivity contribution < 1.29 is 10.2 Å². The molecular weight excluding hydrogens is 250 g/mol. The molecule has 3 rings (SSSR count). The second kappa shape index (κ2) is 4.62. The highest BCUT2D eigenvalue weighted by molar-refractivity contribution is 6.08. The third-order valence-electron chi connectivity index (χ3n) is 4.02. The molecule has 0 saturated heterocycles. The Morgan fingerprint density at radius 1 is 0.800 bits per heavy atom. The molecule has 0 bridgehead atoms. The zero-order valence-electron chi connectivity index (χ0n) is 12.0. The number of aromatic nitrogens is 1. The first-order valence-corrected chi connectivity index (χ1v) is 6.87. The molecule has 0 aliphatic heterocycles. The summed E-state index contributed by atoms with van der Waals surface area (Å²) in [6.07, 6.45) is -0.954. The highest BCUT2D eigenvalue weighted by Gasteiger charge is 2.12. The van der Waals surface area contributed by atoms with Gasteiger partial charge in [0, 0.05) is 28.9 Å². The molecule has 1 heterocycles. The molecule has 0 aliphatic carbocycles. The van der Waals surface area contributed by atoms with Crippen LogP contribution in [0.3, 0.4) is 0 Å². The van der Waals surface area contributed by atoms with E-state index in [1.807, 2.05) is 43.4 Å². The number of aryl methyl sites for hydroxylation is 1. The molecule has 0 spiro atoms. The normalized spacial score (nSPS) is 14.8. The monoisotopic (exact) mass is 269 g/mol. The average molecular weight is 269 g/mol. The van der Waals surface area contributed by atoms with E-state index in [-0.39, 0.29) is 0 Å². The maximum Gasteiger partial charge on any atom is 0.0762 e. The molecule has 0 radical (unpaired) electrons. The molecule has 2 N–H and O–H groups in total. The van der Waals surface area contributed by atoms with Crippen molar-refractivity contribution in [2.75, 3.05) is 0 Å². The second-order valence-corrected chi connectivity index (χ2v) is 5.46. The maximum atomic E-state index is 9.76. The molecule has 2 aromatic carbocycles. The lowest BCUT2D eigenvalue weighted by Gasteiger charge is -2.05. The molecule has 3 heteroatoms. The van der Waals surface area contributed by atoms with E-state index in [0.29, 0.717) is 0 Å². The van der Waals surface area contributed by atoms with Gasteiger partial charge in [-0.15, -0.1) is 0 Å². The van der Waals surface area contributed by atoms with Gasteiger partial charge in [0.05, 0.1) is 12.2 Å². The number of aliphatic hydroxyl groups excluding tert-OH is 2. The van der Waals surface area contributed by atoms with Crippen LogP contribution in [0.2, 0.25) is 0 Å². The molecule has 104 valence electrons. The second-order valence-electron chi connectivity index (χ2n) is 5.46. The fourth-order valence-electron chi connectivity index (χ4n) is 2.77. The van der Waals surface area contributed by atoms with Gasteiger partial charge in [-0.05, 0) is 49.2 Å². The lowest BCUT2D eigenvalue weighted by atomic mass is 10.0. The molecule has 2 atom stereocenters. The first-order valence-electron chi connectivity index (χ1n) is 6.87. The number of benzene rings is 2. The quantitative estimate of drug-likeness (QED) is 0.748. The summed E-state index contributed by atoms with van der Waals surface area (Å²) in [4.78, 5) is 0. The molecular formula is C17H19NO2. The van der Waals surface area contributed by atoms with Crippen LogP contribution in [-0.2, 0) is 7.05 Å². The average Bonchev–Trinajstić information content (AvgIpc) is 2.71. The first-order chi connectivity index (χ1) is 9.49. The largest absolute Gasteiger partial charge is 0.389 e. The highest BCUT2D eigenvalue weighted by Crippen LogP contribution is 2.32. The molecule has 20 heavy (non-hydrogen) atoms. The Morgan fingerprint density at radius 2 is 1.20 bits per heavy atom. The van der Waals surface area contributed by atoms with E-state index in [1.165, 1.54) is 0 Å². The molecule has 0 saturated carbocycles. The van der Waals surface area contributed by atoms with Gasteiger partial charge in [-0.3, -0.25) is 0 Å². The minimum absolute atomic E-state index is 0.477. The van der Waals surface area contributed by atoms with Crippen molar-refractivity contribution in [1.29, 1.82) is 0 Å². The molecule has 0 aliphatic rings. The Kier molecular flexibility index (Phi) is 3.04. The van der Waals surface area contributed by atoms with E-state index >= 15 is 0 Å². The van der Waals surface area contributed by atoms with Gasteiger partial charge < -0.3 is 14.8 Å². The third kappa shape index (κ3) is 1.90. The zero-order chi connectivity index (χ0) is 14.4. The van der Waals surface area contributed by atoms with Crippen LogP contribution < -0.4 is 0 Å². The topological polar surface area (TPSA) is 45.4 Å². The van der Waals surface area contributed by atoms with E-state index in [0.717, 1.165) is 32.9 Å². The molecule has 3 aromatic rings. The van der Waals surface area contributed by atoms with Crippen LogP contribution in [0, 0.1) is 0 Å². The van der Waals surface area contributed by atoms with Crippen LogP contribution in [-0.4, -0.2) is 14.8 Å². The molecule has 0 fully saturated rings. The number of fused-ring (bicyclic) bond motifs is 3.